The molecule has 21 heavy (non-hydrogen) atoms. The number of hydrogen-bond donors (Lipinski definition) is 1. The highest BCUT2D eigenvalue weighted by molar-refractivity contribution is 5.93. The Balaban J connectivity index is 0.00000106. The first-order chi connectivity index (χ1) is 9.71. The van der Waals surface area contributed by atoms with E-state index in [1.165, 1.54) is 18.9 Å². The minimum absolute atomic E-state index is 0.0236. The van der Waals surface area contributed by atoms with Crippen molar-refractivity contribution in [2.75, 3.05) is 18.5 Å². The molecule has 1 atom stereocenters. The lowest BCUT2D eigenvalue weighted by Gasteiger charge is -2.20. The molecule has 118 valence electrons. The number of urea groups is 1. The van der Waals surface area contributed by atoms with Gasteiger partial charge in [0.2, 0.25) is 0 Å². The standard InChI is InChI=1S/C11H12F3N3O2.C2H6/c1-6-4-15-8(3-7(6)11(12,13)14)17-9(18)5-16(2)10(17)19;1-2/h3-4,9,18H,5H2,1-2H3;1-2H3. The zero-order valence-corrected chi connectivity index (χ0v) is 12.3. The van der Waals surface area contributed by atoms with Gasteiger partial charge in [0.05, 0.1) is 12.1 Å². The van der Waals surface area contributed by atoms with E-state index in [0.29, 0.717) is 0 Å². The molecule has 1 aliphatic rings. The summed E-state index contributed by atoms with van der Waals surface area (Å²) in [6, 6.07) is 0.187. The number of aliphatic hydroxyl groups is 1. The van der Waals surface area contributed by atoms with Crippen LogP contribution in [-0.2, 0) is 6.18 Å². The van der Waals surface area contributed by atoms with Gasteiger partial charge in [-0.25, -0.2) is 14.7 Å². The van der Waals surface area contributed by atoms with E-state index in [1.54, 1.807) is 0 Å². The number of β-amino-alcohol motifs (C(OH)–C–C–N with tert-alkyl or cyclic N) is 1. The van der Waals surface area contributed by atoms with Gasteiger partial charge >= 0.3 is 12.2 Å². The first kappa shape index (κ1) is 17.2. The molecule has 0 aliphatic carbocycles. The molecule has 8 heteroatoms. The third-order valence-corrected chi connectivity index (χ3v) is 2.91. The average Bonchev–Trinajstić information content (AvgIpc) is 2.65. The van der Waals surface area contributed by atoms with Crippen molar-refractivity contribution in [2.24, 2.45) is 0 Å². The summed E-state index contributed by atoms with van der Waals surface area (Å²) in [6.45, 7) is 5.31. The van der Waals surface area contributed by atoms with Crippen molar-refractivity contribution in [3.8, 4) is 0 Å². The van der Waals surface area contributed by atoms with Crippen molar-refractivity contribution in [3.05, 3.63) is 23.4 Å². The zero-order chi connectivity index (χ0) is 16.4. The fourth-order valence-corrected chi connectivity index (χ4v) is 1.92. The fraction of sp³-hybridized carbons (Fsp3) is 0.538. The predicted molar refractivity (Wildman–Crippen MR) is 71.8 cm³/mol. The second kappa shape index (κ2) is 6.30. The summed E-state index contributed by atoms with van der Waals surface area (Å²) in [5.41, 5.74) is -0.905. The maximum absolute atomic E-state index is 12.8. The van der Waals surface area contributed by atoms with Gasteiger partial charge in [-0.1, -0.05) is 13.8 Å². The Labute approximate surface area is 121 Å². The number of aryl methyl sites for hydroxylation is 1. The molecule has 1 N–H and O–H groups in total. The van der Waals surface area contributed by atoms with Crippen LogP contribution in [0.1, 0.15) is 25.0 Å². The maximum Gasteiger partial charge on any atom is 0.416 e. The normalized spacial score (nSPS) is 18.7. The monoisotopic (exact) mass is 305 g/mol. The first-order valence-corrected chi connectivity index (χ1v) is 6.48. The summed E-state index contributed by atoms with van der Waals surface area (Å²) in [4.78, 5) is 17.6. The van der Waals surface area contributed by atoms with Crippen LogP contribution in [0.3, 0.4) is 0 Å². The van der Waals surface area contributed by atoms with Crippen LogP contribution in [0.15, 0.2) is 12.3 Å². The van der Waals surface area contributed by atoms with Crippen LogP contribution >= 0.6 is 0 Å². The van der Waals surface area contributed by atoms with E-state index in [9.17, 15) is 23.1 Å². The molecule has 2 rings (SSSR count). The molecule has 0 aromatic carbocycles. The van der Waals surface area contributed by atoms with E-state index in [4.69, 9.17) is 0 Å². The second-order valence-electron chi connectivity index (χ2n) is 4.37. The van der Waals surface area contributed by atoms with E-state index in [0.717, 1.165) is 17.2 Å². The number of rotatable bonds is 1. The minimum Gasteiger partial charge on any atom is -0.371 e. The van der Waals surface area contributed by atoms with Gasteiger partial charge in [-0.15, -0.1) is 0 Å². The van der Waals surface area contributed by atoms with Crippen molar-refractivity contribution < 1.29 is 23.1 Å². The lowest BCUT2D eigenvalue weighted by Crippen LogP contribution is -2.35. The van der Waals surface area contributed by atoms with Crippen LogP contribution in [0.2, 0.25) is 0 Å². The minimum atomic E-state index is -4.53. The highest BCUT2D eigenvalue weighted by atomic mass is 19.4. The Morgan fingerprint density at radius 3 is 2.38 bits per heavy atom. The third kappa shape index (κ3) is 3.44. The van der Waals surface area contributed by atoms with Gasteiger partial charge in [0.1, 0.15) is 5.82 Å². The highest BCUT2D eigenvalue weighted by Gasteiger charge is 2.38. The second-order valence-corrected chi connectivity index (χ2v) is 4.37. The van der Waals surface area contributed by atoms with Crippen molar-refractivity contribution in [1.82, 2.24) is 9.88 Å². The third-order valence-electron chi connectivity index (χ3n) is 2.91. The topological polar surface area (TPSA) is 56.7 Å². The maximum atomic E-state index is 12.8. The summed E-state index contributed by atoms with van der Waals surface area (Å²) in [7, 11) is 1.45. The summed E-state index contributed by atoms with van der Waals surface area (Å²) in [6.07, 6.45) is -4.69. The Morgan fingerprint density at radius 1 is 1.38 bits per heavy atom. The molecule has 0 radical (unpaired) electrons. The molecule has 0 bridgehead atoms. The van der Waals surface area contributed by atoms with Crippen LogP contribution < -0.4 is 4.90 Å². The Kier molecular flexibility index (Phi) is 5.16. The molecule has 1 aromatic heterocycles. The van der Waals surface area contributed by atoms with Crippen molar-refractivity contribution in [1.29, 1.82) is 0 Å². The summed E-state index contributed by atoms with van der Waals surface area (Å²) in [5.74, 6) is -0.209. The molecule has 0 spiro atoms. The molecular weight excluding hydrogens is 287 g/mol. The molecule has 2 amide bonds. The number of nitrogens with zero attached hydrogens (tertiary/aromatic N) is 3. The Hall–Kier alpha value is -1.83. The number of carbonyl (C=O) groups is 1. The lowest BCUT2D eigenvalue weighted by molar-refractivity contribution is -0.138. The van der Waals surface area contributed by atoms with Gasteiger partial charge in [-0.3, -0.25) is 0 Å². The number of aliphatic hydroxyl groups excluding tert-OH is 1. The highest BCUT2D eigenvalue weighted by Crippen LogP contribution is 2.34. The van der Waals surface area contributed by atoms with Gasteiger partial charge < -0.3 is 10.0 Å². The average molecular weight is 305 g/mol. The quantitative estimate of drug-likeness (QED) is 0.867. The van der Waals surface area contributed by atoms with Crippen LogP contribution in [0, 0.1) is 6.92 Å². The Morgan fingerprint density at radius 2 is 1.95 bits per heavy atom. The molecule has 1 aliphatic heterocycles. The number of alkyl halides is 3. The number of halogens is 3. The number of aromatic nitrogens is 1. The summed E-state index contributed by atoms with van der Waals surface area (Å²) in [5, 5.41) is 9.69. The zero-order valence-electron chi connectivity index (χ0n) is 12.3. The van der Waals surface area contributed by atoms with Crippen LogP contribution in [0.25, 0.3) is 0 Å². The molecule has 1 unspecified atom stereocenters. The van der Waals surface area contributed by atoms with Crippen molar-refractivity contribution in [3.63, 3.8) is 0 Å². The van der Waals surface area contributed by atoms with Gasteiger partial charge in [0.25, 0.3) is 0 Å². The Bertz CT molecular complexity index is 520. The first-order valence-electron chi connectivity index (χ1n) is 6.48. The molecular formula is C13H18F3N3O2. The van der Waals surface area contributed by atoms with E-state index in [-0.39, 0.29) is 17.9 Å². The molecule has 0 saturated carbocycles. The number of amides is 2. The van der Waals surface area contributed by atoms with E-state index in [2.05, 4.69) is 4.98 Å². The number of carbonyl (C=O) groups excluding carboxylic acids is 1. The number of pyridine rings is 1. The van der Waals surface area contributed by atoms with Gasteiger partial charge in [0, 0.05) is 13.2 Å². The SMILES string of the molecule is CC.Cc1cnc(N2C(=O)N(C)CC2O)cc1C(F)(F)F. The van der Waals surface area contributed by atoms with E-state index < -0.39 is 24.0 Å². The smallest absolute Gasteiger partial charge is 0.371 e. The molecule has 5 nitrogen and oxygen atoms in total. The number of hydrogen-bond acceptors (Lipinski definition) is 3. The van der Waals surface area contributed by atoms with Crippen molar-refractivity contribution >= 4 is 11.8 Å². The summed E-state index contributed by atoms with van der Waals surface area (Å²) < 4.78 is 38.3. The molecule has 2 heterocycles. The largest absolute Gasteiger partial charge is 0.416 e. The van der Waals surface area contributed by atoms with Gasteiger partial charge in [0.15, 0.2) is 6.23 Å². The lowest BCUT2D eigenvalue weighted by atomic mass is 10.1. The number of anilines is 1. The van der Waals surface area contributed by atoms with Crippen LogP contribution in [0.4, 0.5) is 23.8 Å². The number of likely N-dealkylation sites (N-methyl/N-ethyl adjacent to an activating group) is 1. The fourth-order valence-electron chi connectivity index (χ4n) is 1.92. The van der Waals surface area contributed by atoms with Crippen molar-refractivity contribution in [2.45, 2.75) is 33.2 Å². The van der Waals surface area contributed by atoms with Gasteiger partial charge in [-0.2, -0.15) is 13.2 Å². The molecule has 1 fully saturated rings. The van der Waals surface area contributed by atoms with Crippen LogP contribution in [-0.4, -0.2) is 40.8 Å². The van der Waals surface area contributed by atoms with Gasteiger partial charge in [-0.05, 0) is 18.6 Å². The van der Waals surface area contributed by atoms with Crippen LogP contribution in [0.5, 0.6) is 0 Å². The summed E-state index contributed by atoms with van der Waals surface area (Å²) >= 11 is 0. The molecule has 1 saturated heterocycles. The van der Waals surface area contributed by atoms with E-state index >= 15 is 0 Å². The predicted octanol–water partition coefficient (Wildman–Crippen LogP) is 2.63. The molecule has 1 aromatic rings. The van der Waals surface area contributed by atoms with E-state index in [1.807, 2.05) is 13.8 Å².